The first-order valence-corrected chi connectivity index (χ1v) is 5.36. The molecule has 0 atom stereocenters. The van der Waals surface area contributed by atoms with Gasteiger partial charge in [0, 0.05) is 0 Å². The second kappa shape index (κ2) is 11.2. The number of hydrogen-bond donors (Lipinski definition) is 0. The fraction of sp³-hybridized carbons (Fsp3) is 0.538. The highest BCUT2D eigenvalue weighted by Crippen LogP contribution is 1.96. The van der Waals surface area contributed by atoms with Crippen LogP contribution in [0.4, 0.5) is 0 Å². The van der Waals surface area contributed by atoms with E-state index in [1.807, 2.05) is 0 Å². The Morgan fingerprint density at radius 2 is 1.08 bits per heavy atom. The van der Waals surface area contributed by atoms with Crippen LogP contribution in [0, 0.1) is 0 Å². The quantitative estimate of drug-likeness (QED) is 0.393. The second-order valence-electron chi connectivity index (χ2n) is 3.04. The Bertz CT molecular complexity index is 161. The Hall–Kier alpha value is -0.780. The molecule has 0 nitrogen and oxygen atoms in total. The molecule has 0 unspecified atom stereocenters. The van der Waals surface area contributed by atoms with E-state index in [-0.39, 0.29) is 0 Å². The third-order valence-electron chi connectivity index (χ3n) is 1.74. The van der Waals surface area contributed by atoms with Crippen molar-refractivity contribution in [2.45, 2.75) is 46.0 Å². The standard InChI is InChI=1S/C13H22/c1-3-5-7-9-11-13-12-10-8-6-4-2/h5-8,11,13H,3-4,9-10,12H2,1-2H3/b7-5+,8-6+,13-11+. The fourth-order valence-electron chi connectivity index (χ4n) is 1.03. The average Bonchev–Trinajstić information content (AvgIpc) is 2.16. The minimum Gasteiger partial charge on any atom is -0.0888 e. The largest absolute Gasteiger partial charge is 0.0888 e. The molecule has 0 aromatic heterocycles. The summed E-state index contributed by atoms with van der Waals surface area (Å²) in [4.78, 5) is 0. The van der Waals surface area contributed by atoms with Gasteiger partial charge < -0.3 is 0 Å². The molecule has 0 heteroatoms. The van der Waals surface area contributed by atoms with Crippen LogP contribution in [0.25, 0.3) is 0 Å². The number of hydrogen-bond acceptors (Lipinski definition) is 0. The molecular weight excluding hydrogens is 156 g/mol. The van der Waals surface area contributed by atoms with Crippen LogP contribution in [-0.4, -0.2) is 0 Å². The lowest BCUT2D eigenvalue weighted by Gasteiger charge is -1.86. The van der Waals surface area contributed by atoms with E-state index in [1.165, 1.54) is 12.8 Å². The highest BCUT2D eigenvalue weighted by Gasteiger charge is 1.75. The molecule has 0 aliphatic rings. The highest BCUT2D eigenvalue weighted by molar-refractivity contribution is 4.93. The molecular formula is C13H22. The van der Waals surface area contributed by atoms with Crippen LogP contribution < -0.4 is 0 Å². The summed E-state index contributed by atoms with van der Waals surface area (Å²) in [7, 11) is 0. The first-order valence-electron chi connectivity index (χ1n) is 5.36. The lowest BCUT2D eigenvalue weighted by atomic mass is 10.2. The van der Waals surface area contributed by atoms with Gasteiger partial charge >= 0.3 is 0 Å². The SMILES string of the molecule is CC/C=C/C/C=C/CC/C=C/CC. The molecule has 0 bridgehead atoms. The maximum atomic E-state index is 2.26. The van der Waals surface area contributed by atoms with Gasteiger partial charge in [-0.3, -0.25) is 0 Å². The summed E-state index contributed by atoms with van der Waals surface area (Å²) in [5.41, 5.74) is 0. The van der Waals surface area contributed by atoms with Crippen molar-refractivity contribution in [3.8, 4) is 0 Å². The van der Waals surface area contributed by atoms with Crippen LogP contribution in [0.5, 0.6) is 0 Å². The van der Waals surface area contributed by atoms with Crippen LogP contribution in [0.3, 0.4) is 0 Å². The van der Waals surface area contributed by atoms with E-state index in [0.717, 1.165) is 19.3 Å². The van der Waals surface area contributed by atoms with Gasteiger partial charge in [0.05, 0.1) is 0 Å². The molecule has 0 heterocycles. The van der Waals surface area contributed by atoms with Crippen molar-refractivity contribution in [3.05, 3.63) is 36.5 Å². The number of unbranched alkanes of at least 4 members (excludes halogenated alkanes) is 1. The van der Waals surface area contributed by atoms with E-state index in [0.29, 0.717) is 0 Å². The third-order valence-corrected chi connectivity index (χ3v) is 1.74. The summed E-state index contributed by atoms with van der Waals surface area (Å²) in [5.74, 6) is 0. The summed E-state index contributed by atoms with van der Waals surface area (Å²) in [6.07, 6.45) is 19.2. The summed E-state index contributed by atoms with van der Waals surface area (Å²) in [6.45, 7) is 4.33. The Labute approximate surface area is 83.0 Å². The zero-order valence-electron chi connectivity index (χ0n) is 9.00. The highest BCUT2D eigenvalue weighted by atomic mass is 13.8. The van der Waals surface area contributed by atoms with E-state index >= 15 is 0 Å². The average molecular weight is 178 g/mol. The molecule has 0 aromatic carbocycles. The van der Waals surface area contributed by atoms with Gasteiger partial charge in [0.15, 0.2) is 0 Å². The van der Waals surface area contributed by atoms with Crippen LogP contribution >= 0.6 is 0 Å². The number of allylic oxidation sites excluding steroid dienone is 6. The molecule has 0 amide bonds. The minimum absolute atomic E-state index is 1.09. The molecule has 0 radical (unpaired) electrons. The van der Waals surface area contributed by atoms with Crippen molar-refractivity contribution in [2.24, 2.45) is 0 Å². The molecule has 0 rings (SSSR count). The Balaban J connectivity index is 3.21. The zero-order chi connectivity index (χ0) is 9.78. The van der Waals surface area contributed by atoms with E-state index in [4.69, 9.17) is 0 Å². The predicted octanol–water partition coefficient (Wildman–Crippen LogP) is 4.65. The van der Waals surface area contributed by atoms with E-state index in [9.17, 15) is 0 Å². The van der Waals surface area contributed by atoms with Gasteiger partial charge in [-0.05, 0) is 32.1 Å². The monoisotopic (exact) mass is 178 g/mol. The van der Waals surface area contributed by atoms with Gasteiger partial charge in [-0.25, -0.2) is 0 Å². The van der Waals surface area contributed by atoms with E-state index in [1.54, 1.807) is 0 Å². The molecule has 0 N–H and O–H groups in total. The van der Waals surface area contributed by atoms with Crippen molar-refractivity contribution in [2.75, 3.05) is 0 Å². The molecule has 13 heavy (non-hydrogen) atoms. The van der Waals surface area contributed by atoms with Gasteiger partial charge in [0.1, 0.15) is 0 Å². The van der Waals surface area contributed by atoms with E-state index < -0.39 is 0 Å². The van der Waals surface area contributed by atoms with Crippen molar-refractivity contribution in [3.63, 3.8) is 0 Å². The van der Waals surface area contributed by atoms with Crippen molar-refractivity contribution >= 4 is 0 Å². The minimum atomic E-state index is 1.09. The van der Waals surface area contributed by atoms with Crippen LogP contribution in [0.15, 0.2) is 36.5 Å². The predicted molar refractivity (Wildman–Crippen MR) is 61.9 cm³/mol. The van der Waals surface area contributed by atoms with Gasteiger partial charge in [0.25, 0.3) is 0 Å². The van der Waals surface area contributed by atoms with Gasteiger partial charge in [-0.15, -0.1) is 0 Å². The van der Waals surface area contributed by atoms with E-state index in [2.05, 4.69) is 50.3 Å². The van der Waals surface area contributed by atoms with Gasteiger partial charge in [-0.1, -0.05) is 50.3 Å². The summed E-state index contributed by atoms with van der Waals surface area (Å²) < 4.78 is 0. The fourth-order valence-corrected chi connectivity index (χ4v) is 1.03. The van der Waals surface area contributed by atoms with Gasteiger partial charge in [0.2, 0.25) is 0 Å². The normalized spacial score (nSPS) is 12.5. The Morgan fingerprint density at radius 1 is 0.615 bits per heavy atom. The lowest BCUT2D eigenvalue weighted by Crippen LogP contribution is -1.65. The first kappa shape index (κ1) is 12.2. The van der Waals surface area contributed by atoms with Crippen LogP contribution in [-0.2, 0) is 0 Å². The van der Waals surface area contributed by atoms with Crippen LogP contribution in [0.2, 0.25) is 0 Å². The molecule has 0 aromatic rings. The third kappa shape index (κ3) is 11.2. The summed E-state index contributed by atoms with van der Waals surface area (Å²) in [5, 5.41) is 0. The Kier molecular flexibility index (Phi) is 10.5. The maximum absolute atomic E-state index is 2.26. The molecule has 74 valence electrons. The molecule has 0 aliphatic heterocycles. The second-order valence-corrected chi connectivity index (χ2v) is 3.04. The molecule has 0 aliphatic carbocycles. The Morgan fingerprint density at radius 3 is 1.69 bits per heavy atom. The summed E-state index contributed by atoms with van der Waals surface area (Å²) >= 11 is 0. The molecule has 0 saturated carbocycles. The van der Waals surface area contributed by atoms with Crippen molar-refractivity contribution in [1.82, 2.24) is 0 Å². The first-order chi connectivity index (χ1) is 6.41. The molecule has 0 fully saturated rings. The smallest absolute Gasteiger partial charge is 0.0169 e. The van der Waals surface area contributed by atoms with Crippen LogP contribution in [0.1, 0.15) is 46.0 Å². The topological polar surface area (TPSA) is 0 Å². The lowest BCUT2D eigenvalue weighted by molar-refractivity contribution is 1.03. The number of rotatable bonds is 7. The summed E-state index contributed by atoms with van der Waals surface area (Å²) in [6, 6.07) is 0. The van der Waals surface area contributed by atoms with Crippen molar-refractivity contribution < 1.29 is 0 Å². The molecule has 0 saturated heterocycles. The zero-order valence-corrected chi connectivity index (χ0v) is 9.00. The van der Waals surface area contributed by atoms with Crippen molar-refractivity contribution in [1.29, 1.82) is 0 Å². The maximum Gasteiger partial charge on any atom is -0.0169 e. The van der Waals surface area contributed by atoms with Gasteiger partial charge in [-0.2, -0.15) is 0 Å². The molecule has 0 spiro atoms.